The Kier molecular flexibility index (Phi) is 52.8. The zero-order valence-corrected chi connectivity index (χ0v) is 53.0. The van der Waals surface area contributed by atoms with E-state index in [1.807, 2.05) is 136 Å². The molecule has 424 valence electrons. The third-order valence-electron chi connectivity index (χ3n) is 11.7. The molecule has 0 saturated heterocycles. The molecule has 0 aliphatic carbocycles. The fourth-order valence-corrected chi connectivity index (χ4v) is 9.27. The minimum absolute atomic E-state index is 0. The lowest BCUT2D eigenvalue weighted by Gasteiger charge is -2.40. The van der Waals surface area contributed by atoms with Crippen LogP contribution in [0.3, 0.4) is 0 Å². The van der Waals surface area contributed by atoms with Crippen molar-refractivity contribution in [2.75, 3.05) is 32.7 Å². The molecule has 0 spiro atoms. The Morgan fingerprint density at radius 2 is 0.806 bits per heavy atom. The van der Waals surface area contributed by atoms with Gasteiger partial charge in [-0.1, -0.05) is 74.5 Å². The van der Waals surface area contributed by atoms with E-state index in [-0.39, 0.29) is 53.9 Å². The van der Waals surface area contributed by atoms with Crippen LogP contribution < -0.4 is 23.5 Å². The lowest BCUT2D eigenvalue weighted by Crippen LogP contribution is -3.00. The van der Waals surface area contributed by atoms with Crippen molar-refractivity contribution < 1.29 is 36.1 Å². The second-order valence-corrected chi connectivity index (χ2v) is 21.4. The van der Waals surface area contributed by atoms with Crippen molar-refractivity contribution in [2.45, 2.75) is 239 Å². The molecule has 2 rings (SSSR count). The van der Waals surface area contributed by atoms with Crippen molar-refractivity contribution in [3.63, 3.8) is 0 Å². The molecule has 72 heavy (non-hydrogen) atoms. The molecule has 0 aliphatic heterocycles. The topological polar surface area (TPSA) is 119 Å². The summed E-state index contributed by atoms with van der Waals surface area (Å²) in [5, 5.41) is 2.73. The maximum absolute atomic E-state index is 12.0. The van der Waals surface area contributed by atoms with Crippen molar-refractivity contribution >= 4 is 56.8 Å². The minimum Gasteiger partial charge on any atom is -1.00 e. The Labute approximate surface area is 465 Å². The quantitative estimate of drug-likeness (QED) is 0.0867. The van der Waals surface area contributed by atoms with Gasteiger partial charge in [-0.05, 0) is 212 Å². The molecular weight excluding hydrogens is 988 g/mol. The van der Waals surface area contributed by atoms with Crippen LogP contribution in [-0.2, 0) is 17.6 Å². The predicted molar refractivity (Wildman–Crippen MR) is 312 cm³/mol. The number of nitrogens with zero attached hydrogens (tertiary/aromatic N) is 5. The largest absolute Gasteiger partial charge is 1.00 e. The van der Waals surface area contributed by atoms with E-state index in [4.69, 9.17) is 22.1 Å². The van der Waals surface area contributed by atoms with Gasteiger partial charge in [0.15, 0.2) is 0 Å². The molecule has 0 aromatic heterocycles. The molecule has 0 radical (unpaired) electrons. The van der Waals surface area contributed by atoms with E-state index in [0.717, 1.165) is 39.0 Å². The molecular formula is C57H109Cl4N7O4. The molecule has 0 atom stereocenters. The molecule has 0 aliphatic rings. The molecule has 2 aromatic rings. The Morgan fingerprint density at radius 1 is 0.514 bits per heavy atom. The molecule has 3 N–H and O–H groups in total. The summed E-state index contributed by atoms with van der Waals surface area (Å²) in [6.45, 7) is 54.8. The molecule has 2 aromatic carbocycles. The van der Waals surface area contributed by atoms with Gasteiger partial charge in [-0.25, -0.2) is 14.1 Å². The number of nitrogens with one attached hydrogen (secondary N) is 1. The highest BCUT2D eigenvalue weighted by Gasteiger charge is 2.40. The number of amides is 4. The highest BCUT2D eigenvalue weighted by atomic mass is 35.5. The molecule has 0 fully saturated rings. The van der Waals surface area contributed by atoms with Crippen LogP contribution >= 0.6 is 34.8 Å². The summed E-state index contributed by atoms with van der Waals surface area (Å²) in [7, 11) is 0. The van der Waals surface area contributed by atoms with Gasteiger partial charge in [0.1, 0.15) is 0 Å². The van der Waals surface area contributed by atoms with E-state index in [9.17, 15) is 14.4 Å². The molecule has 15 heteroatoms. The Morgan fingerprint density at radius 3 is 0.958 bits per heavy atom. The van der Waals surface area contributed by atoms with Crippen molar-refractivity contribution in [1.29, 1.82) is 0 Å². The van der Waals surface area contributed by atoms with Gasteiger partial charge >= 0.3 is 16.1 Å². The van der Waals surface area contributed by atoms with Crippen LogP contribution in [0.1, 0.15) is 177 Å². The number of carbonyl (C=O) groups is 4. The average molecular weight is 1100 g/mol. The first kappa shape index (κ1) is 80.9. The van der Waals surface area contributed by atoms with Crippen molar-refractivity contribution in [2.24, 2.45) is 5.73 Å². The maximum Gasteiger partial charge on any atom is 0.412 e. The molecule has 0 heterocycles. The van der Waals surface area contributed by atoms with Gasteiger partial charge < -0.3 is 33.3 Å². The zero-order chi connectivity index (χ0) is 56.8. The number of hydrogen-bond acceptors (Lipinski definition) is 7. The third-order valence-corrected chi connectivity index (χ3v) is 12.0. The summed E-state index contributed by atoms with van der Waals surface area (Å²) in [5.74, 6) is 0.157. The van der Waals surface area contributed by atoms with Crippen LogP contribution in [0.5, 0.6) is 0 Å². The Bertz CT molecular complexity index is 1530. The van der Waals surface area contributed by atoms with Crippen molar-refractivity contribution in [3.8, 4) is 0 Å². The number of quaternary nitrogens is 1. The van der Waals surface area contributed by atoms with Crippen LogP contribution in [0.4, 0.5) is 14.4 Å². The van der Waals surface area contributed by atoms with Gasteiger partial charge in [0.2, 0.25) is 5.91 Å². The summed E-state index contributed by atoms with van der Waals surface area (Å²) < 4.78 is -0.526. The van der Waals surface area contributed by atoms with Crippen LogP contribution in [0, 0.1) is 0 Å². The monoisotopic (exact) mass is 1100 g/mol. The molecule has 4 amide bonds. The van der Waals surface area contributed by atoms with Gasteiger partial charge in [-0.3, -0.25) is 19.4 Å². The number of hydrogen-bond donors (Lipinski definition) is 2. The molecule has 0 unspecified atom stereocenters. The number of halogens is 4. The predicted octanol–water partition coefficient (Wildman–Crippen LogP) is 11.7. The zero-order valence-electron chi connectivity index (χ0n) is 50.0. The van der Waals surface area contributed by atoms with E-state index in [0.29, 0.717) is 47.3 Å². The Balaban J connectivity index is -0.000000182. The standard InChI is InChI=1S/C15H24N2O.C9H19ClNO.C8H17NO.C8H11N.2C8H19N.CCl2O.ClH/c1-12(2)17(13(3)4)15(18)16-11-10-14-8-6-5-7-9-14;1-6-11(7(2)3,8(4)5)9(10)12;1-6(2)9(7(3)4)8(5)10;9-7-6-8-4-2-1-3-5-8;2*1-6-9(7(2)3)8(4)5;2-1(3)4;/h5-9,12-13H,10-11H2,1-4H3,(H,16,18);7-8H,6H2,1-5H3;6-7H,1-5H3;1-5H,6-7,9H2;2*7-8H,6H2,1-5H3;;1H/q;+1;;;;;;/p-1. The summed E-state index contributed by atoms with van der Waals surface area (Å²) in [6.07, 6.45) is 1.86. The summed E-state index contributed by atoms with van der Waals surface area (Å²) in [6, 6.07) is 24.8. The molecule has 11 nitrogen and oxygen atoms in total. The highest BCUT2D eigenvalue weighted by Crippen LogP contribution is 2.22. The minimum atomic E-state index is -0.889. The van der Waals surface area contributed by atoms with E-state index >= 15 is 0 Å². The van der Waals surface area contributed by atoms with Crippen LogP contribution in [0.15, 0.2) is 60.7 Å². The number of rotatable bonds is 18. The Hall–Kier alpha value is -2.48. The summed E-state index contributed by atoms with van der Waals surface area (Å²) in [5.41, 5.74) is 7.93. The smallest absolute Gasteiger partial charge is 0.412 e. The van der Waals surface area contributed by atoms with Gasteiger partial charge in [0, 0.05) is 73.4 Å². The summed E-state index contributed by atoms with van der Waals surface area (Å²) >= 11 is 14.4. The van der Waals surface area contributed by atoms with Crippen molar-refractivity contribution in [1.82, 2.24) is 24.9 Å². The summed E-state index contributed by atoms with van der Waals surface area (Å²) in [4.78, 5) is 51.9. The van der Waals surface area contributed by atoms with Crippen molar-refractivity contribution in [3.05, 3.63) is 71.8 Å². The third kappa shape index (κ3) is 39.0. The number of nitrogens with two attached hydrogens (primary N) is 1. The fraction of sp³-hybridized carbons (Fsp3) is 0.719. The van der Waals surface area contributed by atoms with E-state index in [1.165, 1.54) is 11.1 Å². The first-order valence-electron chi connectivity index (χ1n) is 26.3. The van der Waals surface area contributed by atoms with Crippen LogP contribution in [0.25, 0.3) is 0 Å². The number of carbonyl (C=O) groups excluding carboxylic acids is 4. The van der Waals surface area contributed by atoms with Gasteiger partial charge in [0.05, 0.1) is 18.6 Å². The lowest BCUT2D eigenvalue weighted by atomic mass is 10.1. The van der Waals surface area contributed by atoms with E-state index in [2.05, 4.69) is 132 Å². The fourth-order valence-electron chi connectivity index (χ4n) is 8.76. The van der Waals surface area contributed by atoms with Gasteiger partial charge in [-0.2, -0.15) is 0 Å². The first-order chi connectivity index (χ1) is 32.7. The van der Waals surface area contributed by atoms with Gasteiger partial charge in [-0.15, -0.1) is 0 Å². The van der Waals surface area contributed by atoms with Crippen LogP contribution in [-0.4, -0.2) is 139 Å². The molecule has 0 bridgehead atoms. The first-order valence-corrected chi connectivity index (χ1v) is 27.4. The van der Waals surface area contributed by atoms with Gasteiger partial charge in [0.25, 0.3) is 0 Å². The number of urea groups is 1. The van der Waals surface area contributed by atoms with E-state index in [1.54, 1.807) is 6.92 Å². The second kappa shape index (κ2) is 47.0. The maximum atomic E-state index is 12.0. The average Bonchev–Trinajstić information content (AvgIpc) is 3.22. The second-order valence-electron chi connectivity index (χ2n) is 20.1. The lowest BCUT2D eigenvalue weighted by molar-refractivity contribution is -0.885. The van der Waals surface area contributed by atoms with Crippen LogP contribution in [0.2, 0.25) is 0 Å². The molecule has 0 saturated carbocycles. The number of benzene rings is 2. The van der Waals surface area contributed by atoms with E-state index < -0.39 is 4.70 Å². The normalized spacial score (nSPS) is 10.8. The highest BCUT2D eigenvalue weighted by molar-refractivity contribution is 6.93. The SMILES string of the molecule is CC(=O)N(C(C)C)C(C)C.CC(C)N(C(=O)NCCc1ccccc1)C(C)C.CCN(C(C)C)C(C)C.CCN(C(C)C)C(C)C.CC[N+](C(=O)Cl)(C(C)C)C(C)C.NCCc1ccccc1.O=C(Cl)Cl.[Cl-].